The first-order chi connectivity index (χ1) is 9.76. The third-order valence-electron chi connectivity index (χ3n) is 3.72. The molecule has 1 unspecified atom stereocenters. The van der Waals surface area contributed by atoms with Crippen LogP contribution < -0.4 is 0 Å². The lowest BCUT2D eigenvalue weighted by atomic mass is 9.95. The average Bonchev–Trinajstić information content (AvgIpc) is 2.47. The number of hydrogen-bond acceptors (Lipinski definition) is 2. The summed E-state index contributed by atoms with van der Waals surface area (Å²) >= 11 is 1.70. The fourth-order valence-corrected chi connectivity index (χ4v) is 3.70. The lowest BCUT2D eigenvalue weighted by molar-refractivity contribution is -0.128. The number of amides is 1. The van der Waals surface area contributed by atoms with Crippen LogP contribution in [0.4, 0.5) is 0 Å². The molecule has 2 heterocycles. The molecule has 0 fully saturated rings. The van der Waals surface area contributed by atoms with E-state index in [2.05, 4.69) is 24.8 Å². The third kappa shape index (κ3) is 2.73. The Kier molecular flexibility index (Phi) is 3.79. The second kappa shape index (κ2) is 5.71. The Morgan fingerprint density at radius 2 is 2.05 bits per heavy atom. The maximum atomic E-state index is 12.2. The Morgan fingerprint density at radius 3 is 2.80 bits per heavy atom. The molecule has 0 radical (unpaired) electrons. The molecule has 3 heteroatoms. The second-order valence-corrected chi connectivity index (χ2v) is 6.26. The number of carbonyl (C=O) groups is 1. The van der Waals surface area contributed by atoms with Gasteiger partial charge in [0, 0.05) is 23.6 Å². The molecule has 0 aliphatic carbocycles. The normalized spacial score (nSPS) is 21.9. The van der Waals surface area contributed by atoms with E-state index in [4.69, 9.17) is 0 Å². The highest BCUT2D eigenvalue weighted by Crippen LogP contribution is 2.36. The van der Waals surface area contributed by atoms with E-state index in [0.29, 0.717) is 6.54 Å². The number of rotatable bonds is 3. The van der Waals surface area contributed by atoms with Crippen molar-refractivity contribution in [3.05, 3.63) is 65.6 Å². The maximum absolute atomic E-state index is 12.2. The zero-order chi connectivity index (χ0) is 13.9. The summed E-state index contributed by atoms with van der Waals surface area (Å²) in [6.45, 7) is 4.55. The van der Waals surface area contributed by atoms with Crippen molar-refractivity contribution in [2.75, 3.05) is 6.54 Å². The molecule has 20 heavy (non-hydrogen) atoms. The Morgan fingerprint density at radius 1 is 1.25 bits per heavy atom. The number of hydrogen-bond donors (Lipinski definition) is 0. The van der Waals surface area contributed by atoms with Gasteiger partial charge in [-0.25, -0.2) is 0 Å². The molecule has 1 aromatic rings. The number of fused-ring (bicyclic) bond motifs is 1. The van der Waals surface area contributed by atoms with Crippen LogP contribution >= 0.6 is 11.8 Å². The molecule has 0 saturated heterocycles. The zero-order valence-corrected chi connectivity index (χ0v) is 12.1. The number of carbonyl (C=O) groups excluding carboxylic acids is 1. The van der Waals surface area contributed by atoms with Crippen molar-refractivity contribution >= 4 is 17.7 Å². The number of nitrogens with zero attached hydrogens (tertiary/aromatic N) is 1. The largest absolute Gasteiger partial charge is 0.332 e. The molecule has 0 bridgehead atoms. The molecule has 102 valence electrons. The average molecular weight is 283 g/mol. The number of thioether (sulfide) groups is 1. The monoisotopic (exact) mass is 283 g/mol. The summed E-state index contributed by atoms with van der Waals surface area (Å²) in [5, 5.41) is 0. The molecular weight excluding hydrogens is 266 g/mol. The van der Waals surface area contributed by atoms with Gasteiger partial charge < -0.3 is 4.90 Å². The van der Waals surface area contributed by atoms with Crippen molar-refractivity contribution in [3.63, 3.8) is 0 Å². The molecule has 2 aliphatic heterocycles. The van der Waals surface area contributed by atoms with Gasteiger partial charge in [-0.3, -0.25) is 4.79 Å². The van der Waals surface area contributed by atoms with Crippen LogP contribution in [0.15, 0.2) is 70.5 Å². The number of benzene rings is 1. The lowest BCUT2D eigenvalue weighted by Gasteiger charge is -2.37. The van der Waals surface area contributed by atoms with E-state index in [-0.39, 0.29) is 11.9 Å². The van der Waals surface area contributed by atoms with E-state index in [9.17, 15) is 4.79 Å². The van der Waals surface area contributed by atoms with Crippen molar-refractivity contribution in [2.24, 2.45) is 0 Å². The van der Waals surface area contributed by atoms with Gasteiger partial charge in [0.1, 0.15) is 0 Å². The molecule has 1 amide bonds. The van der Waals surface area contributed by atoms with Gasteiger partial charge in [0.05, 0.1) is 0 Å². The van der Waals surface area contributed by atoms with Crippen LogP contribution in [0.5, 0.6) is 0 Å². The highest BCUT2D eigenvalue weighted by molar-refractivity contribution is 8.03. The molecule has 1 aromatic carbocycles. The van der Waals surface area contributed by atoms with Crippen molar-refractivity contribution < 1.29 is 4.79 Å². The minimum absolute atomic E-state index is 0.138. The second-order valence-electron chi connectivity index (χ2n) is 5.06. The minimum Gasteiger partial charge on any atom is -0.332 e. The standard InChI is InChI=1S/C17H17NOS/c1-2-13-8-9-18-14(10-13)11-16(12-17(18)19)20-15-6-4-3-5-7-15/h2-8,12,14H,1,9-11H2. The van der Waals surface area contributed by atoms with Gasteiger partial charge in [-0.15, -0.1) is 0 Å². The van der Waals surface area contributed by atoms with Gasteiger partial charge in [0.25, 0.3) is 0 Å². The Hall–Kier alpha value is -1.74. The quantitative estimate of drug-likeness (QED) is 0.841. The first-order valence-corrected chi connectivity index (χ1v) is 7.63. The smallest absolute Gasteiger partial charge is 0.247 e. The van der Waals surface area contributed by atoms with Crippen LogP contribution in [0.3, 0.4) is 0 Å². The van der Waals surface area contributed by atoms with Crippen LogP contribution in [0.1, 0.15) is 12.8 Å². The maximum Gasteiger partial charge on any atom is 0.247 e. The van der Waals surface area contributed by atoms with Gasteiger partial charge in [-0.2, -0.15) is 0 Å². The third-order valence-corrected chi connectivity index (χ3v) is 4.78. The highest BCUT2D eigenvalue weighted by atomic mass is 32.2. The van der Waals surface area contributed by atoms with Crippen LogP contribution in [-0.4, -0.2) is 23.4 Å². The van der Waals surface area contributed by atoms with Crippen molar-refractivity contribution in [1.82, 2.24) is 4.90 Å². The fraction of sp³-hybridized carbons (Fsp3) is 0.235. The highest BCUT2D eigenvalue weighted by Gasteiger charge is 2.30. The minimum atomic E-state index is 0.138. The van der Waals surface area contributed by atoms with Crippen molar-refractivity contribution in [1.29, 1.82) is 0 Å². The predicted molar refractivity (Wildman–Crippen MR) is 83.4 cm³/mol. The fourth-order valence-electron chi connectivity index (χ4n) is 2.67. The van der Waals surface area contributed by atoms with Gasteiger partial charge >= 0.3 is 0 Å². The Balaban J connectivity index is 1.76. The Bertz CT molecular complexity index is 588. The van der Waals surface area contributed by atoms with Gasteiger partial charge in [-0.1, -0.05) is 48.7 Å². The van der Waals surface area contributed by atoms with E-state index < -0.39 is 0 Å². The van der Waals surface area contributed by atoms with Gasteiger partial charge in [0.2, 0.25) is 5.91 Å². The van der Waals surface area contributed by atoms with Crippen molar-refractivity contribution in [3.8, 4) is 0 Å². The van der Waals surface area contributed by atoms with Crippen LogP contribution in [-0.2, 0) is 4.79 Å². The predicted octanol–water partition coefficient (Wildman–Crippen LogP) is 3.78. The molecule has 2 aliphatic rings. The summed E-state index contributed by atoms with van der Waals surface area (Å²) in [5.74, 6) is 0.138. The molecule has 0 aromatic heterocycles. The molecular formula is C17H17NOS. The lowest BCUT2D eigenvalue weighted by Crippen LogP contribution is -2.44. The van der Waals surface area contributed by atoms with E-state index in [1.807, 2.05) is 29.2 Å². The SMILES string of the molecule is C=CC1=CCN2C(=O)C=C(Sc3ccccc3)CC2C1. The molecule has 2 nitrogen and oxygen atoms in total. The first-order valence-electron chi connectivity index (χ1n) is 6.82. The molecule has 0 N–H and O–H groups in total. The molecule has 0 saturated carbocycles. The van der Waals surface area contributed by atoms with Gasteiger partial charge in [0.15, 0.2) is 0 Å². The van der Waals surface area contributed by atoms with E-state index in [1.165, 1.54) is 10.5 Å². The summed E-state index contributed by atoms with van der Waals surface area (Å²) in [6.07, 6.45) is 7.66. The number of allylic oxidation sites excluding steroid dienone is 1. The summed E-state index contributed by atoms with van der Waals surface area (Å²) in [7, 11) is 0. The zero-order valence-electron chi connectivity index (χ0n) is 11.3. The topological polar surface area (TPSA) is 20.3 Å². The molecule has 1 atom stereocenters. The van der Waals surface area contributed by atoms with Crippen LogP contribution in [0, 0.1) is 0 Å². The van der Waals surface area contributed by atoms with E-state index in [0.717, 1.165) is 17.7 Å². The molecule has 3 rings (SSSR count). The summed E-state index contributed by atoms with van der Waals surface area (Å²) in [6, 6.07) is 10.5. The Labute approximate surface area is 123 Å². The van der Waals surface area contributed by atoms with Gasteiger partial charge in [-0.05, 0) is 35.5 Å². The van der Waals surface area contributed by atoms with E-state index in [1.54, 1.807) is 17.8 Å². The van der Waals surface area contributed by atoms with Crippen molar-refractivity contribution in [2.45, 2.75) is 23.8 Å². The summed E-state index contributed by atoms with van der Waals surface area (Å²) in [5.41, 5.74) is 1.25. The summed E-state index contributed by atoms with van der Waals surface area (Å²) in [4.78, 5) is 16.5. The van der Waals surface area contributed by atoms with Crippen LogP contribution in [0.25, 0.3) is 0 Å². The first kappa shape index (κ1) is 13.3. The molecule has 0 spiro atoms. The summed E-state index contributed by atoms with van der Waals surface area (Å²) < 4.78 is 0. The van der Waals surface area contributed by atoms with Crippen LogP contribution in [0.2, 0.25) is 0 Å². The van der Waals surface area contributed by atoms with E-state index >= 15 is 0 Å².